The molecule has 6 heteroatoms. The van der Waals surface area contributed by atoms with E-state index in [4.69, 9.17) is 15.0 Å². The lowest BCUT2D eigenvalue weighted by Gasteiger charge is -2.16. The summed E-state index contributed by atoms with van der Waals surface area (Å²) in [5.74, 6) is 7.07. The minimum atomic E-state index is 0.266. The fourth-order valence-electron chi connectivity index (χ4n) is 1.75. The molecule has 0 aliphatic rings. The van der Waals surface area contributed by atoms with Crippen molar-refractivity contribution in [3.05, 3.63) is 24.2 Å². The third-order valence-electron chi connectivity index (χ3n) is 2.84. The van der Waals surface area contributed by atoms with E-state index in [1.807, 2.05) is 19.1 Å². The van der Waals surface area contributed by atoms with E-state index < -0.39 is 0 Å². The van der Waals surface area contributed by atoms with Gasteiger partial charge in [-0.3, -0.25) is 10.4 Å². The van der Waals surface area contributed by atoms with Gasteiger partial charge in [-0.2, -0.15) is 0 Å². The third kappa shape index (κ3) is 7.16. The number of nitrogens with two attached hydrogens (primary N) is 1. The SMILES string of the molecule is CCOCCCN=C(NN)NC(C)CCc1ccco1. The number of hydrogen-bond acceptors (Lipinski definition) is 4. The van der Waals surface area contributed by atoms with Crippen LogP contribution in [-0.2, 0) is 11.2 Å². The minimum absolute atomic E-state index is 0.266. The molecule has 0 bridgehead atoms. The number of aryl methyl sites for hydroxylation is 1. The van der Waals surface area contributed by atoms with Gasteiger partial charge in [-0.15, -0.1) is 0 Å². The van der Waals surface area contributed by atoms with Crippen LogP contribution >= 0.6 is 0 Å². The Balaban J connectivity index is 2.22. The Kier molecular flexibility index (Phi) is 8.49. The zero-order valence-corrected chi connectivity index (χ0v) is 12.4. The van der Waals surface area contributed by atoms with Gasteiger partial charge >= 0.3 is 0 Å². The molecule has 1 aromatic heterocycles. The predicted octanol–water partition coefficient (Wildman–Crippen LogP) is 1.44. The summed E-state index contributed by atoms with van der Waals surface area (Å²) in [5, 5.41) is 3.25. The molecule has 4 N–H and O–H groups in total. The maximum Gasteiger partial charge on any atom is 0.205 e. The van der Waals surface area contributed by atoms with Crippen LogP contribution in [0.5, 0.6) is 0 Å². The molecular weight excluding hydrogens is 256 g/mol. The van der Waals surface area contributed by atoms with Crippen molar-refractivity contribution in [3.63, 3.8) is 0 Å². The number of nitrogens with one attached hydrogen (secondary N) is 2. The summed E-state index contributed by atoms with van der Waals surface area (Å²) in [6.45, 7) is 6.24. The fourth-order valence-corrected chi connectivity index (χ4v) is 1.75. The Morgan fingerprint density at radius 1 is 1.55 bits per heavy atom. The number of ether oxygens (including phenoxy) is 1. The first-order valence-electron chi connectivity index (χ1n) is 7.14. The highest BCUT2D eigenvalue weighted by atomic mass is 16.5. The largest absolute Gasteiger partial charge is 0.469 e. The van der Waals surface area contributed by atoms with Gasteiger partial charge in [-0.25, -0.2) is 5.84 Å². The Morgan fingerprint density at radius 3 is 3.05 bits per heavy atom. The highest BCUT2D eigenvalue weighted by Crippen LogP contribution is 2.05. The second-order valence-electron chi connectivity index (χ2n) is 4.59. The summed E-state index contributed by atoms with van der Waals surface area (Å²) in [6.07, 6.45) is 4.43. The first-order valence-corrected chi connectivity index (χ1v) is 7.14. The van der Waals surface area contributed by atoms with Crippen molar-refractivity contribution in [2.45, 2.75) is 39.2 Å². The molecule has 1 heterocycles. The summed E-state index contributed by atoms with van der Waals surface area (Å²) >= 11 is 0. The Labute approximate surface area is 120 Å². The molecule has 1 rings (SSSR count). The van der Waals surface area contributed by atoms with Crippen molar-refractivity contribution in [2.24, 2.45) is 10.8 Å². The molecule has 20 heavy (non-hydrogen) atoms. The average molecular weight is 282 g/mol. The summed E-state index contributed by atoms with van der Waals surface area (Å²) in [7, 11) is 0. The predicted molar refractivity (Wildman–Crippen MR) is 80.4 cm³/mol. The van der Waals surface area contributed by atoms with Crippen LogP contribution in [0.2, 0.25) is 0 Å². The maximum atomic E-state index is 5.46. The molecule has 0 aromatic carbocycles. The summed E-state index contributed by atoms with van der Waals surface area (Å²) in [4.78, 5) is 4.36. The van der Waals surface area contributed by atoms with Crippen LogP contribution in [0.4, 0.5) is 0 Å². The van der Waals surface area contributed by atoms with Crippen molar-refractivity contribution >= 4 is 5.96 Å². The van der Waals surface area contributed by atoms with Crippen molar-refractivity contribution in [1.29, 1.82) is 0 Å². The molecule has 0 saturated carbocycles. The molecule has 0 aliphatic carbocycles. The van der Waals surface area contributed by atoms with E-state index in [9.17, 15) is 0 Å². The minimum Gasteiger partial charge on any atom is -0.469 e. The Bertz CT molecular complexity index is 365. The number of hydrogen-bond donors (Lipinski definition) is 3. The standard InChI is InChI=1S/C14H26N4O2/c1-3-19-10-5-9-16-14(18-15)17-12(2)7-8-13-6-4-11-20-13/h4,6,11-12H,3,5,7-10,15H2,1-2H3,(H2,16,17,18). The van der Waals surface area contributed by atoms with Crippen LogP contribution in [0, 0.1) is 0 Å². The van der Waals surface area contributed by atoms with Crippen LogP contribution in [-0.4, -0.2) is 31.8 Å². The first-order chi connectivity index (χ1) is 9.76. The van der Waals surface area contributed by atoms with E-state index in [-0.39, 0.29) is 6.04 Å². The highest BCUT2D eigenvalue weighted by Gasteiger charge is 2.06. The molecule has 0 fully saturated rings. The van der Waals surface area contributed by atoms with Gasteiger partial charge in [0.25, 0.3) is 0 Å². The van der Waals surface area contributed by atoms with Crippen molar-refractivity contribution < 1.29 is 9.15 Å². The normalized spacial score (nSPS) is 13.2. The molecule has 1 unspecified atom stereocenters. The number of aliphatic imine (C=N–C) groups is 1. The monoisotopic (exact) mass is 282 g/mol. The van der Waals surface area contributed by atoms with E-state index >= 15 is 0 Å². The molecule has 0 amide bonds. The van der Waals surface area contributed by atoms with Gasteiger partial charge in [0.1, 0.15) is 5.76 Å². The number of guanidine groups is 1. The lowest BCUT2D eigenvalue weighted by molar-refractivity contribution is 0.146. The van der Waals surface area contributed by atoms with Gasteiger partial charge in [-0.1, -0.05) is 0 Å². The van der Waals surface area contributed by atoms with Crippen molar-refractivity contribution in [3.8, 4) is 0 Å². The van der Waals surface area contributed by atoms with Gasteiger partial charge in [0.05, 0.1) is 6.26 Å². The number of hydrazine groups is 1. The van der Waals surface area contributed by atoms with Crippen LogP contribution in [0.3, 0.4) is 0 Å². The van der Waals surface area contributed by atoms with Crippen LogP contribution in [0.1, 0.15) is 32.4 Å². The number of rotatable bonds is 9. The Hall–Kier alpha value is -1.53. The molecule has 0 aliphatic heterocycles. The van der Waals surface area contributed by atoms with Crippen LogP contribution < -0.4 is 16.6 Å². The van der Waals surface area contributed by atoms with E-state index in [1.54, 1.807) is 6.26 Å². The number of nitrogens with zero attached hydrogens (tertiary/aromatic N) is 1. The molecule has 0 spiro atoms. The fraction of sp³-hybridized carbons (Fsp3) is 0.643. The quantitative estimate of drug-likeness (QED) is 0.210. The highest BCUT2D eigenvalue weighted by molar-refractivity contribution is 5.79. The topological polar surface area (TPSA) is 84.8 Å². The van der Waals surface area contributed by atoms with Gasteiger partial charge in [-0.05, 0) is 38.8 Å². The average Bonchev–Trinajstić information content (AvgIpc) is 2.97. The van der Waals surface area contributed by atoms with E-state index in [2.05, 4.69) is 22.7 Å². The van der Waals surface area contributed by atoms with Gasteiger partial charge in [0.2, 0.25) is 5.96 Å². The van der Waals surface area contributed by atoms with E-state index in [0.29, 0.717) is 12.5 Å². The second kappa shape index (κ2) is 10.3. The van der Waals surface area contributed by atoms with Crippen molar-refractivity contribution in [2.75, 3.05) is 19.8 Å². The van der Waals surface area contributed by atoms with Crippen LogP contribution in [0.25, 0.3) is 0 Å². The van der Waals surface area contributed by atoms with Crippen LogP contribution in [0.15, 0.2) is 27.8 Å². The van der Waals surface area contributed by atoms with Crippen molar-refractivity contribution in [1.82, 2.24) is 10.7 Å². The zero-order chi connectivity index (χ0) is 14.6. The summed E-state index contributed by atoms with van der Waals surface area (Å²) in [6, 6.07) is 4.15. The molecule has 1 aromatic rings. The zero-order valence-electron chi connectivity index (χ0n) is 12.4. The lowest BCUT2D eigenvalue weighted by Crippen LogP contribution is -2.45. The number of furan rings is 1. The third-order valence-corrected chi connectivity index (χ3v) is 2.84. The Morgan fingerprint density at radius 2 is 2.40 bits per heavy atom. The molecule has 1 atom stereocenters. The van der Waals surface area contributed by atoms with E-state index in [1.165, 1.54) is 0 Å². The van der Waals surface area contributed by atoms with E-state index in [0.717, 1.165) is 38.2 Å². The molecule has 6 nitrogen and oxygen atoms in total. The molecular formula is C14H26N4O2. The summed E-state index contributed by atoms with van der Waals surface area (Å²) < 4.78 is 10.6. The van der Waals surface area contributed by atoms with Gasteiger partial charge < -0.3 is 14.5 Å². The first kappa shape index (κ1) is 16.5. The lowest BCUT2D eigenvalue weighted by atomic mass is 10.1. The molecule has 0 saturated heterocycles. The molecule has 0 radical (unpaired) electrons. The smallest absolute Gasteiger partial charge is 0.205 e. The van der Waals surface area contributed by atoms with Gasteiger partial charge in [0.15, 0.2) is 0 Å². The van der Waals surface area contributed by atoms with Gasteiger partial charge in [0, 0.05) is 32.2 Å². The molecule has 114 valence electrons. The second-order valence-corrected chi connectivity index (χ2v) is 4.59. The maximum absolute atomic E-state index is 5.46. The summed E-state index contributed by atoms with van der Waals surface area (Å²) in [5.41, 5.74) is 2.59.